The zero-order chi connectivity index (χ0) is 23.3. The van der Waals surface area contributed by atoms with Gasteiger partial charge in [-0.05, 0) is 62.4 Å². The third kappa shape index (κ3) is 5.10. The number of hydrogen-bond donors (Lipinski definition) is 3. The maximum atomic E-state index is 4.58. The summed E-state index contributed by atoms with van der Waals surface area (Å²) >= 11 is 0. The van der Waals surface area contributed by atoms with Crippen molar-refractivity contribution < 1.29 is 0 Å². The molecule has 1 fully saturated rings. The molecule has 0 spiro atoms. The highest BCUT2D eigenvalue weighted by atomic mass is 15.2. The first-order chi connectivity index (χ1) is 16.6. The van der Waals surface area contributed by atoms with Crippen LogP contribution in [0.5, 0.6) is 0 Å². The monoisotopic (exact) mass is 453 g/mol. The number of hydrogen-bond acceptors (Lipinski definition) is 9. The van der Waals surface area contributed by atoms with Gasteiger partial charge < -0.3 is 20.9 Å². The third-order valence-corrected chi connectivity index (χ3v) is 5.64. The number of benzene rings is 1. The normalized spacial score (nSPS) is 15.7. The molecule has 5 rings (SSSR count). The SMILES string of the molecule is Cc1cccc(-c2nccc(Nc3ccnc(Nc4ccc(N5CCNC[C@@H]5C)cc4)n3)n2)n1. The van der Waals surface area contributed by atoms with E-state index in [9.17, 15) is 0 Å². The molecule has 0 aliphatic carbocycles. The first-order valence-corrected chi connectivity index (χ1v) is 11.4. The molecule has 1 saturated heterocycles. The molecule has 4 aromatic rings. The molecule has 1 aromatic carbocycles. The Morgan fingerprint density at radius 2 is 1.68 bits per heavy atom. The molecule has 0 amide bonds. The maximum Gasteiger partial charge on any atom is 0.229 e. The van der Waals surface area contributed by atoms with E-state index in [1.165, 1.54) is 5.69 Å². The number of pyridine rings is 1. The minimum absolute atomic E-state index is 0.475. The van der Waals surface area contributed by atoms with Crippen molar-refractivity contribution >= 4 is 29.0 Å². The fourth-order valence-electron chi connectivity index (χ4n) is 3.93. The van der Waals surface area contributed by atoms with Gasteiger partial charge in [-0.1, -0.05) is 6.07 Å². The molecule has 3 aromatic heterocycles. The molecule has 1 aliphatic rings. The van der Waals surface area contributed by atoms with Gasteiger partial charge in [0.25, 0.3) is 0 Å². The van der Waals surface area contributed by atoms with Crippen LogP contribution in [0.4, 0.5) is 29.0 Å². The quantitative estimate of drug-likeness (QED) is 0.401. The number of rotatable bonds is 6. The Kier molecular flexibility index (Phi) is 6.26. The van der Waals surface area contributed by atoms with Crippen molar-refractivity contribution in [3.8, 4) is 11.5 Å². The molecular weight excluding hydrogens is 426 g/mol. The highest BCUT2D eigenvalue weighted by Gasteiger charge is 2.18. The topological polar surface area (TPSA) is 104 Å². The summed E-state index contributed by atoms with van der Waals surface area (Å²) in [7, 11) is 0. The Bertz CT molecular complexity index is 1260. The van der Waals surface area contributed by atoms with Gasteiger partial charge in [0.15, 0.2) is 5.82 Å². The van der Waals surface area contributed by atoms with Crippen LogP contribution in [0.2, 0.25) is 0 Å². The van der Waals surface area contributed by atoms with Crippen LogP contribution in [0.25, 0.3) is 11.5 Å². The summed E-state index contributed by atoms with van der Waals surface area (Å²) in [5.41, 5.74) is 3.80. The van der Waals surface area contributed by atoms with Gasteiger partial charge in [0, 0.05) is 55.1 Å². The Labute approximate surface area is 198 Å². The van der Waals surface area contributed by atoms with E-state index in [2.05, 4.69) is 77.0 Å². The number of aryl methyl sites for hydroxylation is 1. The van der Waals surface area contributed by atoms with Crippen LogP contribution < -0.4 is 20.9 Å². The summed E-state index contributed by atoms with van der Waals surface area (Å²) in [6, 6.07) is 18.2. The van der Waals surface area contributed by atoms with Gasteiger partial charge in [0.2, 0.25) is 5.95 Å². The van der Waals surface area contributed by atoms with Crippen LogP contribution in [0.3, 0.4) is 0 Å². The van der Waals surface area contributed by atoms with Gasteiger partial charge >= 0.3 is 0 Å². The summed E-state index contributed by atoms with van der Waals surface area (Å²) in [4.78, 5) is 24.8. The Hall–Kier alpha value is -4.11. The average Bonchev–Trinajstić information content (AvgIpc) is 2.85. The van der Waals surface area contributed by atoms with Crippen molar-refractivity contribution in [3.05, 3.63) is 72.7 Å². The molecule has 9 nitrogen and oxygen atoms in total. The van der Waals surface area contributed by atoms with E-state index in [0.717, 1.165) is 36.7 Å². The molecule has 1 aliphatic heterocycles. The minimum Gasteiger partial charge on any atom is -0.366 e. The third-order valence-electron chi connectivity index (χ3n) is 5.64. The van der Waals surface area contributed by atoms with E-state index in [-0.39, 0.29) is 0 Å². The number of piperazine rings is 1. The maximum absolute atomic E-state index is 4.58. The van der Waals surface area contributed by atoms with Crippen LogP contribution >= 0.6 is 0 Å². The zero-order valence-electron chi connectivity index (χ0n) is 19.2. The van der Waals surface area contributed by atoms with E-state index in [0.29, 0.717) is 29.5 Å². The van der Waals surface area contributed by atoms with Crippen molar-refractivity contribution in [2.75, 3.05) is 35.2 Å². The Morgan fingerprint density at radius 3 is 2.47 bits per heavy atom. The molecule has 0 radical (unpaired) electrons. The summed E-state index contributed by atoms with van der Waals surface area (Å²) < 4.78 is 0. The van der Waals surface area contributed by atoms with Crippen LogP contribution in [0.1, 0.15) is 12.6 Å². The molecule has 0 bridgehead atoms. The first-order valence-electron chi connectivity index (χ1n) is 11.4. The number of nitrogens with one attached hydrogen (secondary N) is 3. The predicted octanol–water partition coefficient (Wildman–Crippen LogP) is 3.92. The fourth-order valence-corrected chi connectivity index (χ4v) is 3.93. The van der Waals surface area contributed by atoms with Crippen LogP contribution in [0.15, 0.2) is 67.0 Å². The highest BCUT2D eigenvalue weighted by Crippen LogP contribution is 2.23. The second-order valence-electron chi connectivity index (χ2n) is 8.24. The predicted molar refractivity (Wildman–Crippen MR) is 135 cm³/mol. The Morgan fingerprint density at radius 1 is 0.882 bits per heavy atom. The summed E-state index contributed by atoms with van der Waals surface area (Å²) in [5, 5.41) is 9.94. The molecule has 34 heavy (non-hydrogen) atoms. The molecule has 0 saturated carbocycles. The molecule has 4 heterocycles. The smallest absolute Gasteiger partial charge is 0.229 e. The summed E-state index contributed by atoms with van der Waals surface area (Å²) in [6.07, 6.45) is 3.41. The minimum atomic E-state index is 0.475. The van der Waals surface area contributed by atoms with Crippen molar-refractivity contribution in [2.45, 2.75) is 19.9 Å². The van der Waals surface area contributed by atoms with Gasteiger partial charge in [0.05, 0.1) is 0 Å². The van der Waals surface area contributed by atoms with Gasteiger partial charge in [-0.15, -0.1) is 0 Å². The largest absolute Gasteiger partial charge is 0.366 e. The lowest BCUT2D eigenvalue weighted by molar-refractivity contribution is 0.501. The lowest BCUT2D eigenvalue weighted by atomic mass is 10.1. The molecule has 0 unspecified atom stereocenters. The average molecular weight is 454 g/mol. The van der Waals surface area contributed by atoms with E-state index < -0.39 is 0 Å². The van der Waals surface area contributed by atoms with Gasteiger partial charge in [-0.3, -0.25) is 0 Å². The Balaban J connectivity index is 1.27. The van der Waals surface area contributed by atoms with Crippen LogP contribution in [-0.2, 0) is 0 Å². The van der Waals surface area contributed by atoms with Crippen molar-refractivity contribution in [2.24, 2.45) is 0 Å². The number of anilines is 5. The fraction of sp³-hybridized carbons (Fsp3) is 0.240. The van der Waals surface area contributed by atoms with E-state index >= 15 is 0 Å². The van der Waals surface area contributed by atoms with E-state index in [1.54, 1.807) is 24.5 Å². The highest BCUT2D eigenvalue weighted by molar-refractivity contribution is 5.62. The zero-order valence-corrected chi connectivity index (χ0v) is 19.2. The van der Waals surface area contributed by atoms with Crippen LogP contribution in [-0.4, -0.2) is 50.6 Å². The van der Waals surface area contributed by atoms with Crippen molar-refractivity contribution in [1.82, 2.24) is 30.2 Å². The number of nitrogens with zero attached hydrogens (tertiary/aromatic N) is 6. The lowest BCUT2D eigenvalue weighted by Gasteiger charge is -2.36. The van der Waals surface area contributed by atoms with Gasteiger partial charge in [-0.2, -0.15) is 4.98 Å². The van der Waals surface area contributed by atoms with Gasteiger partial charge in [-0.25, -0.2) is 19.9 Å². The van der Waals surface area contributed by atoms with Crippen LogP contribution in [0, 0.1) is 6.92 Å². The van der Waals surface area contributed by atoms with Gasteiger partial charge in [0.1, 0.15) is 17.3 Å². The molecule has 172 valence electrons. The van der Waals surface area contributed by atoms with Crippen molar-refractivity contribution in [3.63, 3.8) is 0 Å². The molecule has 9 heteroatoms. The molecule has 1 atom stereocenters. The number of aromatic nitrogens is 5. The lowest BCUT2D eigenvalue weighted by Crippen LogP contribution is -2.49. The molecular formula is C25H27N9. The second kappa shape index (κ2) is 9.80. The van der Waals surface area contributed by atoms with E-state index in [1.807, 2.05) is 25.1 Å². The van der Waals surface area contributed by atoms with Crippen molar-refractivity contribution in [1.29, 1.82) is 0 Å². The standard InChI is InChI=1S/C25H27N9/c1-17-4-3-5-21(29-17)24-27-12-10-22(32-24)31-23-11-13-28-25(33-23)30-19-6-8-20(9-7-19)34-15-14-26-16-18(34)2/h3-13,18,26H,14-16H2,1-2H3,(H2,27,28,30,31,32,33)/t18-/m0/s1. The molecule has 3 N–H and O–H groups in total. The summed E-state index contributed by atoms with van der Waals surface area (Å²) in [5.74, 6) is 2.32. The summed E-state index contributed by atoms with van der Waals surface area (Å²) in [6.45, 7) is 7.20. The van der Waals surface area contributed by atoms with E-state index in [4.69, 9.17) is 0 Å². The first kappa shape index (κ1) is 21.7. The second-order valence-corrected chi connectivity index (χ2v) is 8.24.